The Labute approximate surface area is 148 Å². The van der Waals surface area contributed by atoms with Gasteiger partial charge in [0.15, 0.2) is 10.8 Å². The minimum atomic E-state index is -0.636. The van der Waals surface area contributed by atoms with Crippen LogP contribution in [0.4, 0.5) is 0 Å². The summed E-state index contributed by atoms with van der Waals surface area (Å²) in [6.07, 6.45) is 3.70. The number of imidazole rings is 1. The van der Waals surface area contributed by atoms with Crippen molar-refractivity contribution < 1.29 is 14.3 Å². The summed E-state index contributed by atoms with van der Waals surface area (Å²) in [5.74, 6) is -0.535. The van der Waals surface area contributed by atoms with Gasteiger partial charge in [-0.05, 0) is 43.2 Å². The molecule has 1 amide bonds. The van der Waals surface area contributed by atoms with Gasteiger partial charge in [-0.15, -0.1) is 0 Å². The lowest BCUT2D eigenvalue weighted by Crippen LogP contribution is -2.25. The van der Waals surface area contributed by atoms with Gasteiger partial charge in [0.25, 0.3) is 5.91 Å². The van der Waals surface area contributed by atoms with E-state index in [2.05, 4.69) is 10.3 Å². The van der Waals surface area contributed by atoms with Crippen LogP contribution in [0.2, 0.25) is 5.15 Å². The lowest BCUT2D eigenvalue weighted by atomic mass is 10.2. The third kappa shape index (κ3) is 3.21. The van der Waals surface area contributed by atoms with Crippen molar-refractivity contribution >= 4 is 29.1 Å². The number of amides is 1. The van der Waals surface area contributed by atoms with Crippen LogP contribution in [-0.2, 0) is 0 Å². The molecule has 6 nitrogen and oxygen atoms in total. The summed E-state index contributed by atoms with van der Waals surface area (Å²) < 4.78 is 6.96. The van der Waals surface area contributed by atoms with Gasteiger partial charge < -0.3 is 10.1 Å². The van der Waals surface area contributed by atoms with Crippen LogP contribution >= 0.6 is 11.6 Å². The van der Waals surface area contributed by atoms with Crippen molar-refractivity contribution in [3.05, 3.63) is 65.1 Å². The van der Waals surface area contributed by atoms with Gasteiger partial charge in [0, 0.05) is 17.8 Å². The Morgan fingerprint density at radius 2 is 2.04 bits per heavy atom. The van der Waals surface area contributed by atoms with Crippen molar-refractivity contribution in [2.24, 2.45) is 0 Å². The first-order valence-electron chi connectivity index (χ1n) is 7.87. The summed E-state index contributed by atoms with van der Waals surface area (Å²) in [7, 11) is 0. The first kappa shape index (κ1) is 15.7. The molecule has 0 aliphatic heterocycles. The van der Waals surface area contributed by atoms with Gasteiger partial charge in [0.2, 0.25) is 0 Å². The van der Waals surface area contributed by atoms with E-state index in [9.17, 15) is 9.59 Å². The molecule has 0 unspecified atom stereocenters. The van der Waals surface area contributed by atoms with E-state index in [4.69, 9.17) is 16.3 Å². The number of esters is 1. The fourth-order valence-electron chi connectivity index (χ4n) is 2.50. The van der Waals surface area contributed by atoms with Crippen LogP contribution in [-0.4, -0.2) is 27.3 Å². The van der Waals surface area contributed by atoms with Gasteiger partial charge in [-0.1, -0.05) is 23.7 Å². The standard InChI is InChI=1S/C18H14ClN3O3/c19-16-15(22-9-2-1-6-14(22)21-16)18(24)25-13-5-3-4-11(10-13)17(23)20-12-7-8-12/h1-6,9-10,12H,7-8H2,(H,20,23). The van der Waals surface area contributed by atoms with Gasteiger partial charge in [-0.2, -0.15) is 0 Å². The number of ether oxygens (including phenoxy) is 1. The molecule has 1 saturated carbocycles. The lowest BCUT2D eigenvalue weighted by molar-refractivity contribution is 0.0726. The van der Waals surface area contributed by atoms with Crippen molar-refractivity contribution in [2.45, 2.75) is 18.9 Å². The summed E-state index contributed by atoms with van der Waals surface area (Å²) in [4.78, 5) is 28.7. The summed E-state index contributed by atoms with van der Waals surface area (Å²) in [6, 6.07) is 12.1. The van der Waals surface area contributed by atoms with Crippen LogP contribution < -0.4 is 10.1 Å². The summed E-state index contributed by atoms with van der Waals surface area (Å²) in [5.41, 5.74) is 1.14. The summed E-state index contributed by atoms with van der Waals surface area (Å²) in [5, 5.41) is 2.97. The minimum Gasteiger partial charge on any atom is -0.422 e. The topological polar surface area (TPSA) is 72.7 Å². The fourth-order valence-corrected chi connectivity index (χ4v) is 2.76. The number of hydrogen-bond donors (Lipinski definition) is 1. The van der Waals surface area contributed by atoms with E-state index in [1.54, 1.807) is 47.0 Å². The van der Waals surface area contributed by atoms with E-state index in [0.717, 1.165) is 12.8 Å². The Hall–Kier alpha value is -2.86. The fraction of sp³-hybridized carbons (Fsp3) is 0.167. The highest BCUT2D eigenvalue weighted by atomic mass is 35.5. The van der Waals surface area contributed by atoms with E-state index in [-0.39, 0.29) is 28.5 Å². The number of carbonyl (C=O) groups is 2. The third-order valence-corrected chi connectivity index (χ3v) is 4.16. The third-order valence-electron chi connectivity index (χ3n) is 3.90. The second-order valence-electron chi connectivity index (χ2n) is 5.85. The zero-order valence-electron chi connectivity index (χ0n) is 13.1. The van der Waals surface area contributed by atoms with Gasteiger partial charge in [-0.25, -0.2) is 9.78 Å². The highest BCUT2D eigenvalue weighted by Crippen LogP contribution is 2.22. The number of aromatic nitrogens is 2. The first-order valence-corrected chi connectivity index (χ1v) is 8.25. The number of benzene rings is 1. The average Bonchev–Trinajstić information content (AvgIpc) is 3.34. The number of fused-ring (bicyclic) bond motifs is 1. The maximum atomic E-state index is 12.5. The highest BCUT2D eigenvalue weighted by Gasteiger charge is 2.24. The van der Waals surface area contributed by atoms with Crippen LogP contribution in [0, 0.1) is 0 Å². The average molecular weight is 356 g/mol. The molecule has 2 aromatic heterocycles. The number of carbonyl (C=O) groups excluding carboxylic acids is 2. The van der Waals surface area contributed by atoms with Crippen LogP contribution in [0.5, 0.6) is 5.75 Å². The maximum Gasteiger partial charge on any atom is 0.364 e. The first-order chi connectivity index (χ1) is 12.1. The second kappa shape index (κ2) is 6.22. The molecule has 1 aromatic carbocycles. The van der Waals surface area contributed by atoms with Crippen molar-refractivity contribution in [3.63, 3.8) is 0 Å². The number of nitrogens with zero attached hydrogens (tertiary/aromatic N) is 2. The van der Waals surface area contributed by atoms with E-state index in [0.29, 0.717) is 11.2 Å². The maximum absolute atomic E-state index is 12.5. The molecule has 1 aliphatic rings. The molecule has 2 heterocycles. The SMILES string of the molecule is O=C(NC1CC1)c1cccc(OC(=O)c2c(Cl)nc3ccccn23)c1. The number of pyridine rings is 1. The van der Waals surface area contributed by atoms with Crippen molar-refractivity contribution in [2.75, 3.05) is 0 Å². The van der Waals surface area contributed by atoms with Crippen molar-refractivity contribution in [1.82, 2.24) is 14.7 Å². The highest BCUT2D eigenvalue weighted by molar-refractivity contribution is 6.32. The predicted molar refractivity (Wildman–Crippen MR) is 92.1 cm³/mol. The number of nitrogens with one attached hydrogen (secondary N) is 1. The molecule has 0 spiro atoms. The molecular formula is C18H14ClN3O3. The predicted octanol–water partition coefficient (Wildman–Crippen LogP) is 3.10. The molecule has 1 aliphatic carbocycles. The minimum absolute atomic E-state index is 0.0684. The van der Waals surface area contributed by atoms with Gasteiger partial charge in [-0.3, -0.25) is 9.20 Å². The van der Waals surface area contributed by atoms with Crippen LogP contribution in [0.1, 0.15) is 33.7 Å². The van der Waals surface area contributed by atoms with Gasteiger partial charge in [0.05, 0.1) is 0 Å². The van der Waals surface area contributed by atoms with Crippen molar-refractivity contribution in [1.29, 1.82) is 0 Å². The van der Waals surface area contributed by atoms with E-state index < -0.39 is 5.97 Å². The quantitative estimate of drug-likeness (QED) is 0.576. The van der Waals surface area contributed by atoms with Gasteiger partial charge in [0.1, 0.15) is 11.4 Å². The molecule has 4 rings (SSSR count). The molecular weight excluding hydrogens is 342 g/mol. The van der Waals surface area contributed by atoms with Crippen molar-refractivity contribution in [3.8, 4) is 5.75 Å². The largest absolute Gasteiger partial charge is 0.422 e. The Balaban J connectivity index is 1.58. The van der Waals surface area contributed by atoms with E-state index in [1.807, 2.05) is 0 Å². The number of hydrogen-bond acceptors (Lipinski definition) is 4. The summed E-state index contributed by atoms with van der Waals surface area (Å²) in [6.45, 7) is 0. The van der Waals surface area contributed by atoms with E-state index in [1.165, 1.54) is 6.07 Å². The molecule has 126 valence electrons. The zero-order valence-corrected chi connectivity index (χ0v) is 13.9. The molecule has 0 saturated heterocycles. The monoisotopic (exact) mass is 355 g/mol. The molecule has 3 aromatic rings. The molecule has 25 heavy (non-hydrogen) atoms. The zero-order chi connectivity index (χ0) is 17.4. The van der Waals surface area contributed by atoms with E-state index >= 15 is 0 Å². The Morgan fingerprint density at radius 1 is 1.20 bits per heavy atom. The molecule has 1 fully saturated rings. The molecule has 0 radical (unpaired) electrons. The van der Waals surface area contributed by atoms with Crippen LogP contribution in [0.3, 0.4) is 0 Å². The molecule has 0 atom stereocenters. The number of rotatable bonds is 4. The van der Waals surface area contributed by atoms with Gasteiger partial charge >= 0.3 is 5.97 Å². The molecule has 1 N–H and O–H groups in total. The second-order valence-corrected chi connectivity index (χ2v) is 6.20. The molecule has 0 bridgehead atoms. The Morgan fingerprint density at radius 3 is 2.84 bits per heavy atom. The Bertz CT molecular complexity index is 979. The smallest absolute Gasteiger partial charge is 0.364 e. The normalized spacial score (nSPS) is 13.6. The lowest BCUT2D eigenvalue weighted by Gasteiger charge is -2.07. The summed E-state index contributed by atoms with van der Waals surface area (Å²) >= 11 is 6.08. The van der Waals surface area contributed by atoms with Crippen LogP contribution in [0.25, 0.3) is 5.65 Å². The van der Waals surface area contributed by atoms with Crippen LogP contribution in [0.15, 0.2) is 48.7 Å². The Kier molecular flexibility index (Phi) is 3.89. The molecule has 7 heteroatoms. The number of halogens is 1.